The zero-order valence-corrected chi connectivity index (χ0v) is 19.0. The number of anilines is 2. The monoisotopic (exact) mass is 442 g/mol. The van der Waals surface area contributed by atoms with Gasteiger partial charge in [0, 0.05) is 37.9 Å². The van der Waals surface area contributed by atoms with Gasteiger partial charge in [0.15, 0.2) is 0 Å². The highest BCUT2D eigenvalue weighted by Crippen LogP contribution is 2.29. The van der Waals surface area contributed by atoms with Gasteiger partial charge in [-0.2, -0.15) is 0 Å². The van der Waals surface area contributed by atoms with E-state index in [9.17, 15) is 9.59 Å². The first-order chi connectivity index (χ1) is 15.0. The van der Waals surface area contributed by atoms with Crippen LogP contribution in [0.25, 0.3) is 10.6 Å². The number of urea groups is 1. The molecule has 1 aliphatic carbocycles. The van der Waals surface area contributed by atoms with Gasteiger partial charge in [0.25, 0.3) is 0 Å². The third-order valence-corrected chi connectivity index (χ3v) is 6.92. The molecule has 0 radical (unpaired) electrons. The Labute approximate surface area is 187 Å². The minimum absolute atomic E-state index is 0.122. The molecule has 1 atom stereocenters. The molecule has 2 aromatic rings. The van der Waals surface area contributed by atoms with E-state index in [1.165, 1.54) is 17.8 Å². The number of rotatable bonds is 5. The molecule has 0 spiro atoms. The van der Waals surface area contributed by atoms with Gasteiger partial charge in [-0.05, 0) is 49.9 Å². The second-order valence-electron chi connectivity index (χ2n) is 8.48. The molecule has 1 aliphatic heterocycles. The van der Waals surface area contributed by atoms with Crippen molar-refractivity contribution in [2.24, 2.45) is 0 Å². The summed E-state index contributed by atoms with van der Waals surface area (Å²) < 4.78 is 0. The molecule has 1 saturated carbocycles. The van der Waals surface area contributed by atoms with Crippen LogP contribution < -0.4 is 15.5 Å². The lowest BCUT2D eigenvalue weighted by molar-refractivity contribution is -0.119. The molecule has 0 bridgehead atoms. The van der Waals surface area contributed by atoms with E-state index >= 15 is 0 Å². The molecular formula is C22H30N6O2S. The number of carbonyl (C=O) groups is 2. The van der Waals surface area contributed by atoms with Gasteiger partial charge in [-0.15, -0.1) is 10.2 Å². The van der Waals surface area contributed by atoms with Crippen molar-refractivity contribution in [1.82, 2.24) is 20.4 Å². The lowest BCUT2D eigenvalue weighted by atomic mass is 9.96. The van der Waals surface area contributed by atoms with Crippen LogP contribution in [0, 0.1) is 0 Å². The third-order valence-electron chi connectivity index (χ3n) is 6.03. The molecule has 1 saturated heterocycles. The quantitative estimate of drug-likeness (QED) is 0.737. The zero-order valence-electron chi connectivity index (χ0n) is 18.1. The molecule has 8 nitrogen and oxygen atoms in total. The van der Waals surface area contributed by atoms with Crippen LogP contribution in [0.1, 0.15) is 44.9 Å². The predicted molar refractivity (Wildman–Crippen MR) is 123 cm³/mol. The molecule has 4 rings (SSSR count). The molecule has 9 heteroatoms. The molecular weight excluding hydrogens is 412 g/mol. The topological polar surface area (TPSA) is 90.5 Å². The Morgan fingerprint density at radius 2 is 1.77 bits per heavy atom. The van der Waals surface area contributed by atoms with Crippen LogP contribution in [0.15, 0.2) is 24.3 Å². The van der Waals surface area contributed by atoms with E-state index in [1.807, 2.05) is 43.3 Å². The van der Waals surface area contributed by atoms with Crippen molar-refractivity contribution in [2.75, 3.05) is 30.9 Å². The third kappa shape index (κ3) is 5.15. The zero-order chi connectivity index (χ0) is 21.8. The highest BCUT2D eigenvalue weighted by Gasteiger charge is 2.35. The van der Waals surface area contributed by atoms with Gasteiger partial charge < -0.3 is 15.1 Å². The maximum atomic E-state index is 12.9. The van der Waals surface area contributed by atoms with Crippen molar-refractivity contribution in [3.8, 4) is 10.6 Å². The lowest BCUT2D eigenvalue weighted by Crippen LogP contribution is -2.50. The number of amides is 3. The van der Waals surface area contributed by atoms with Gasteiger partial charge in [-0.1, -0.05) is 30.6 Å². The average Bonchev–Trinajstić information content (AvgIpc) is 3.44. The fraction of sp³-hybridized carbons (Fsp3) is 0.545. The minimum atomic E-state index is -0.463. The highest BCUT2D eigenvalue weighted by atomic mass is 32.1. The first-order valence-electron chi connectivity index (χ1n) is 11.0. The van der Waals surface area contributed by atoms with Crippen molar-refractivity contribution in [1.29, 1.82) is 0 Å². The fourth-order valence-corrected chi connectivity index (χ4v) is 5.02. The van der Waals surface area contributed by atoms with Gasteiger partial charge in [0.2, 0.25) is 11.0 Å². The largest absolute Gasteiger partial charge is 0.378 e. The number of hydrogen-bond donors (Lipinski definition) is 2. The molecule has 1 aromatic carbocycles. The molecule has 3 amide bonds. The minimum Gasteiger partial charge on any atom is -0.378 e. The first kappa shape index (κ1) is 21.5. The second kappa shape index (κ2) is 9.64. The van der Waals surface area contributed by atoms with Crippen molar-refractivity contribution in [2.45, 2.75) is 57.0 Å². The van der Waals surface area contributed by atoms with E-state index in [0.717, 1.165) is 48.4 Å². The number of nitrogens with one attached hydrogen (secondary N) is 2. The van der Waals surface area contributed by atoms with E-state index in [4.69, 9.17) is 0 Å². The predicted octanol–water partition coefficient (Wildman–Crippen LogP) is 3.72. The summed E-state index contributed by atoms with van der Waals surface area (Å²) in [5.74, 6) is -0.193. The van der Waals surface area contributed by atoms with Gasteiger partial charge >= 0.3 is 6.03 Å². The Morgan fingerprint density at radius 3 is 2.48 bits per heavy atom. The van der Waals surface area contributed by atoms with Gasteiger partial charge in [0.05, 0.1) is 0 Å². The van der Waals surface area contributed by atoms with Gasteiger partial charge in [0.1, 0.15) is 11.0 Å². The van der Waals surface area contributed by atoms with Crippen LogP contribution in [0.5, 0.6) is 0 Å². The summed E-state index contributed by atoms with van der Waals surface area (Å²) in [5, 5.41) is 15.5. The van der Waals surface area contributed by atoms with Crippen molar-refractivity contribution in [3.05, 3.63) is 24.3 Å². The Balaban J connectivity index is 1.36. The average molecular weight is 443 g/mol. The smallest absolute Gasteiger partial charge is 0.318 e. The Morgan fingerprint density at radius 1 is 1.03 bits per heavy atom. The maximum absolute atomic E-state index is 12.9. The maximum Gasteiger partial charge on any atom is 0.318 e. The van der Waals surface area contributed by atoms with Crippen LogP contribution in [-0.2, 0) is 4.79 Å². The van der Waals surface area contributed by atoms with E-state index in [2.05, 4.69) is 20.8 Å². The molecule has 2 heterocycles. The van der Waals surface area contributed by atoms with E-state index in [0.29, 0.717) is 18.1 Å². The first-order valence-corrected chi connectivity index (χ1v) is 11.8. The number of nitrogens with zero attached hydrogens (tertiary/aromatic N) is 4. The summed E-state index contributed by atoms with van der Waals surface area (Å²) in [5.41, 5.74) is 2.06. The van der Waals surface area contributed by atoms with Gasteiger partial charge in [-0.25, -0.2) is 4.79 Å². The number of hydrogen-bond acceptors (Lipinski definition) is 6. The molecule has 2 fully saturated rings. The molecule has 1 unspecified atom stereocenters. The molecule has 2 N–H and O–H groups in total. The van der Waals surface area contributed by atoms with Crippen molar-refractivity contribution >= 4 is 34.1 Å². The number of aromatic nitrogens is 2. The van der Waals surface area contributed by atoms with Gasteiger partial charge in [-0.3, -0.25) is 10.1 Å². The lowest BCUT2D eigenvalue weighted by Gasteiger charge is -2.28. The van der Waals surface area contributed by atoms with Crippen LogP contribution in [0.3, 0.4) is 0 Å². The Hall–Kier alpha value is -2.68. The fourth-order valence-electron chi connectivity index (χ4n) is 4.27. The SMILES string of the molecule is CN(C)c1ccc(-c2nnc(NC(=O)C3CCCN3C(=O)NC3CCCCC3)s2)cc1. The highest BCUT2D eigenvalue weighted by molar-refractivity contribution is 7.18. The summed E-state index contributed by atoms with van der Waals surface area (Å²) in [6, 6.07) is 7.69. The Kier molecular flexibility index (Phi) is 6.70. The molecule has 1 aromatic heterocycles. The molecule has 166 valence electrons. The number of carbonyl (C=O) groups excluding carboxylic acids is 2. The van der Waals surface area contributed by atoms with Crippen molar-refractivity contribution < 1.29 is 9.59 Å². The second-order valence-corrected chi connectivity index (χ2v) is 9.46. The normalized spacial score (nSPS) is 19.3. The Bertz CT molecular complexity index is 907. The molecule has 2 aliphatic rings. The summed E-state index contributed by atoms with van der Waals surface area (Å²) >= 11 is 1.34. The van der Waals surface area contributed by atoms with Crippen LogP contribution in [0.4, 0.5) is 15.6 Å². The van der Waals surface area contributed by atoms with Crippen molar-refractivity contribution in [3.63, 3.8) is 0 Å². The van der Waals surface area contributed by atoms with Crippen LogP contribution >= 0.6 is 11.3 Å². The van der Waals surface area contributed by atoms with Crippen LogP contribution in [0.2, 0.25) is 0 Å². The summed E-state index contributed by atoms with van der Waals surface area (Å²) in [7, 11) is 3.99. The van der Waals surface area contributed by atoms with E-state index in [1.54, 1.807) is 4.90 Å². The van der Waals surface area contributed by atoms with E-state index < -0.39 is 6.04 Å². The van der Waals surface area contributed by atoms with E-state index in [-0.39, 0.29) is 18.0 Å². The summed E-state index contributed by atoms with van der Waals surface area (Å²) in [6.45, 7) is 0.607. The number of likely N-dealkylation sites (tertiary alicyclic amines) is 1. The standard InChI is InChI=1S/C22H30N6O2S/c1-27(2)17-12-10-15(11-13-17)20-25-26-21(31-20)24-19(29)18-9-6-14-28(18)22(30)23-16-7-4-3-5-8-16/h10-13,16,18H,3-9,14H2,1-2H3,(H,23,30)(H,24,26,29). The van der Waals surface area contributed by atoms with Crippen LogP contribution in [-0.4, -0.2) is 59.8 Å². The number of benzene rings is 1. The summed E-state index contributed by atoms with van der Waals surface area (Å²) in [6.07, 6.45) is 7.11. The summed E-state index contributed by atoms with van der Waals surface area (Å²) in [4.78, 5) is 29.3. The molecule has 31 heavy (non-hydrogen) atoms.